The lowest BCUT2D eigenvalue weighted by Crippen LogP contribution is -2.46. The highest BCUT2D eigenvalue weighted by atomic mass is 16.6. The summed E-state index contributed by atoms with van der Waals surface area (Å²) in [4.78, 5) is 26.0. The van der Waals surface area contributed by atoms with Gasteiger partial charge in [-0.2, -0.15) is 0 Å². The van der Waals surface area contributed by atoms with Crippen molar-refractivity contribution in [1.29, 1.82) is 0 Å². The van der Waals surface area contributed by atoms with Crippen LogP contribution in [0.15, 0.2) is 18.2 Å². The van der Waals surface area contributed by atoms with Crippen molar-refractivity contribution in [2.24, 2.45) is 0 Å². The number of nitro benzene ring substituents is 1. The van der Waals surface area contributed by atoms with E-state index in [0.717, 1.165) is 31.5 Å². The molecule has 1 saturated heterocycles. The van der Waals surface area contributed by atoms with Crippen molar-refractivity contribution in [2.45, 2.75) is 52.3 Å². The minimum atomic E-state index is -0.800. The molecule has 1 N–H and O–H groups in total. The number of non-ortho nitro benzene ring substituents is 1. The molecule has 27 heavy (non-hydrogen) atoms. The van der Waals surface area contributed by atoms with Gasteiger partial charge in [-0.3, -0.25) is 24.7 Å². The summed E-state index contributed by atoms with van der Waals surface area (Å²) in [7, 11) is 0. The topological polar surface area (TPSA) is 96.2 Å². The van der Waals surface area contributed by atoms with Gasteiger partial charge in [-0.1, -0.05) is 6.92 Å². The number of likely N-dealkylation sites (N-methyl/N-ethyl adjacent to an activating group) is 1. The first-order valence-corrected chi connectivity index (χ1v) is 9.42. The van der Waals surface area contributed by atoms with Crippen LogP contribution in [0.2, 0.25) is 0 Å². The molecular formula is C19H29N3O5. The van der Waals surface area contributed by atoms with E-state index >= 15 is 0 Å². The summed E-state index contributed by atoms with van der Waals surface area (Å²) >= 11 is 0. The lowest BCUT2D eigenvalue weighted by atomic mass is 10.0. The zero-order chi connectivity index (χ0) is 20.0. The maximum absolute atomic E-state index is 11.1. The Balaban J connectivity index is 2.04. The summed E-state index contributed by atoms with van der Waals surface area (Å²) in [5.74, 6) is -0.120. The molecule has 1 aliphatic rings. The number of carboxylic acid groups (broad SMARTS) is 1. The van der Waals surface area contributed by atoms with Crippen LogP contribution in [0.25, 0.3) is 0 Å². The van der Waals surface area contributed by atoms with Crippen LogP contribution in [-0.4, -0.2) is 64.1 Å². The summed E-state index contributed by atoms with van der Waals surface area (Å²) in [5, 5.41) is 20.2. The average molecular weight is 379 g/mol. The Morgan fingerprint density at radius 1 is 1.41 bits per heavy atom. The van der Waals surface area contributed by atoms with Crippen molar-refractivity contribution in [3.05, 3.63) is 33.9 Å². The molecule has 1 heterocycles. The Morgan fingerprint density at radius 3 is 2.59 bits per heavy atom. The predicted octanol–water partition coefficient (Wildman–Crippen LogP) is 2.75. The Labute approximate surface area is 159 Å². The molecule has 2 rings (SSSR count). The number of nitro groups is 1. The molecule has 8 heteroatoms. The number of piperidine rings is 1. The van der Waals surface area contributed by atoms with Crippen LogP contribution in [0.1, 0.15) is 39.2 Å². The quantitative estimate of drug-likeness (QED) is 0.520. The molecule has 1 fully saturated rings. The van der Waals surface area contributed by atoms with Crippen molar-refractivity contribution < 1.29 is 19.6 Å². The molecule has 150 valence electrons. The second-order valence-corrected chi connectivity index (χ2v) is 7.18. The molecule has 0 aromatic heterocycles. The van der Waals surface area contributed by atoms with E-state index in [1.165, 1.54) is 6.07 Å². The zero-order valence-electron chi connectivity index (χ0n) is 16.3. The van der Waals surface area contributed by atoms with Gasteiger partial charge in [0, 0.05) is 30.3 Å². The second-order valence-electron chi connectivity index (χ2n) is 7.18. The maximum Gasteiger partial charge on any atom is 0.317 e. The summed E-state index contributed by atoms with van der Waals surface area (Å²) in [5.41, 5.74) is 0.879. The average Bonchev–Trinajstić information content (AvgIpc) is 2.61. The first-order chi connectivity index (χ1) is 12.8. The summed E-state index contributed by atoms with van der Waals surface area (Å²) in [6.45, 7) is 8.86. The number of benzene rings is 1. The van der Waals surface area contributed by atoms with E-state index in [1.807, 2.05) is 25.7 Å². The Kier molecular flexibility index (Phi) is 7.55. The number of hydrogen-bond acceptors (Lipinski definition) is 6. The van der Waals surface area contributed by atoms with Gasteiger partial charge >= 0.3 is 5.97 Å². The molecular weight excluding hydrogens is 350 g/mol. The van der Waals surface area contributed by atoms with Crippen molar-refractivity contribution in [2.75, 3.05) is 26.2 Å². The van der Waals surface area contributed by atoms with Gasteiger partial charge < -0.3 is 9.84 Å². The van der Waals surface area contributed by atoms with Crippen molar-refractivity contribution in [1.82, 2.24) is 9.80 Å². The molecule has 1 aliphatic heterocycles. The minimum Gasteiger partial charge on any atom is -0.491 e. The van der Waals surface area contributed by atoms with Crippen LogP contribution in [-0.2, 0) is 11.3 Å². The summed E-state index contributed by atoms with van der Waals surface area (Å²) in [6.07, 6.45) is 1.76. The Bertz CT molecular complexity index is 657. The van der Waals surface area contributed by atoms with Gasteiger partial charge in [-0.25, -0.2) is 0 Å². The van der Waals surface area contributed by atoms with Crippen molar-refractivity contribution >= 4 is 11.7 Å². The molecule has 0 amide bonds. The number of ether oxygens (including phenoxy) is 1. The van der Waals surface area contributed by atoms with Crippen LogP contribution in [0, 0.1) is 10.1 Å². The fraction of sp³-hybridized carbons (Fsp3) is 0.632. The standard InChI is InChI=1S/C19H29N3O5/c1-4-21(13-19(23)24)16-7-9-20(10-8-16)12-15-11-17(22(25)26)5-6-18(15)27-14(2)3/h5-6,11,14,16H,4,7-10,12-13H2,1-3H3,(H,23,24). The number of nitrogens with zero attached hydrogens (tertiary/aromatic N) is 3. The molecule has 0 saturated carbocycles. The van der Waals surface area contributed by atoms with Crippen LogP contribution >= 0.6 is 0 Å². The fourth-order valence-corrected chi connectivity index (χ4v) is 3.53. The molecule has 1 aromatic rings. The second kappa shape index (κ2) is 9.66. The smallest absolute Gasteiger partial charge is 0.317 e. The first kappa shape index (κ1) is 21.1. The molecule has 0 bridgehead atoms. The van der Waals surface area contributed by atoms with Gasteiger partial charge in [0.15, 0.2) is 0 Å². The molecule has 0 spiro atoms. The van der Waals surface area contributed by atoms with E-state index in [-0.39, 0.29) is 29.3 Å². The lowest BCUT2D eigenvalue weighted by molar-refractivity contribution is -0.385. The van der Waals surface area contributed by atoms with Crippen LogP contribution in [0.3, 0.4) is 0 Å². The number of carbonyl (C=O) groups is 1. The van der Waals surface area contributed by atoms with Crippen molar-refractivity contribution in [3.63, 3.8) is 0 Å². The Morgan fingerprint density at radius 2 is 2.07 bits per heavy atom. The zero-order valence-corrected chi connectivity index (χ0v) is 16.3. The van der Waals surface area contributed by atoms with Crippen LogP contribution in [0.5, 0.6) is 5.75 Å². The third-order valence-electron chi connectivity index (χ3n) is 4.83. The van der Waals surface area contributed by atoms with Gasteiger partial charge in [-0.15, -0.1) is 0 Å². The molecule has 0 aliphatic carbocycles. The van der Waals surface area contributed by atoms with E-state index in [2.05, 4.69) is 4.90 Å². The van der Waals surface area contributed by atoms with E-state index < -0.39 is 5.97 Å². The largest absolute Gasteiger partial charge is 0.491 e. The molecule has 0 unspecified atom stereocenters. The molecule has 1 aromatic carbocycles. The van der Waals surface area contributed by atoms with Crippen LogP contribution < -0.4 is 4.74 Å². The Hall–Kier alpha value is -2.19. The third kappa shape index (κ3) is 6.18. The number of carboxylic acids is 1. The maximum atomic E-state index is 11.1. The SMILES string of the molecule is CCN(CC(=O)O)C1CCN(Cc2cc([N+](=O)[O-])ccc2OC(C)C)CC1. The van der Waals surface area contributed by atoms with E-state index in [4.69, 9.17) is 9.84 Å². The summed E-state index contributed by atoms with van der Waals surface area (Å²) < 4.78 is 5.82. The first-order valence-electron chi connectivity index (χ1n) is 9.42. The number of rotatable bonds is 9. The predicted molar refractivity (Wildman–Crippen MR) is 102 cm³/mol. The highest BCUT2D eigenvalue weighted by Crippen LogP contribution is 2.28. The van der Waals surface area contributed by atoms with Crippen molar-refractivity contribution in [3.8, 4) is 5.75 Å². The molecule has 0 atom stereocenters. The highest BCUT2D eigenvalue weighted by molar-refractivity contribution is 5.69. The normalized spacial score (nSPS) is 16.0. The van der Waals surface area contributed by atoms with Gasteiger partial charge in [0.05, 0.1) is 17.6 Å². The van der Waals surface area contributed by atoms with E-state index in [1.54, 1.807) is 12.1 Å². The fourth-order valence-electron chi connectivity index (χ4n) is 3.53. The monoisotopic (exact) mass is 379 g/mol. The van der Waals surface area contributed by atoms with Crippen LogP contribution in [0.4, 0.5) is 5.69 Å². The number of hydrogen-bond donors (Lipinski definition) is 1. The number of aliphatic carboxylic acids is 1. The van der Waals surface area contributed by atoms with Gasteiger partial charge in [0.25, 0.3) is 5.69 Å². The molecule has 8 nitrogen and oxygen atoms in total. The van der Waals surface area contributed by atoms with Gasteiger partial charge in [0.1, 0.15) is 5.75 Å². The van der Waals surface area contributed by atoms with Gasteiger partial charge in [-0.05, 0) is 52.4 Å². The summed E-state index contributed by atoms with van der Waals surface area (Å²) in [6, 6.07) is 5.00. The lowest BCUT2D eigenvalue weighted by Gasteiger charge is -2.37. The van der Waals surface area contributed by atoms with E-state index in [9.17, 15) is 14.9 Å². The highest BCUT2D eigenvalue weighted by Gasteiger charge is 2.26. The number of likely N-dealkylation sites (tertiary alicyclic amines) is 1. The minimum absolute atomic E-state index is 0.00919. The molecule has 0 radical (unpaired) electrons. The third-order valence-corrected chi connectivity index (χ3v) is 4.83. The van der Waals surface area contributed by atoms with Gasteiger partial charge in [0.2, 0.25) is 0 Å². The van der Waals surface area contributed by atoms with E-state index in [0.29, 0.717) is 18.8 Å².